The van der Waals surface area contributed by atoms with Gasteiger partial charge in [0.15, 0.2) is 0 Å². The first kappa shape index (κ1) is 15.7. The largest absolute Gasteiger partial charge is 0.375 e. The molecule has 1 saturated carbocycles. The molecule has 124 valence electrons. The fraction of sp³-hybridized carbons (Fsp3) is 0.875. The maximum atomic E-state index is 12.1. The van der Waals surface area contributed by atoms with Crippen LogP contribution in [0, 0.1) is 17.8 Å². The van der Waals surface area contributed by atoms with E-state index in [1.807, 2.05) is 4.90 Å². The van der Waals surface area contributed by atoms with Gasteiger partial charge in [0, 0.05) is 19.6 Å². The zero-order valence-corrected chi connectivity index (χ0v) is 13.5. The Morgan fingerprint density at radius 1 is 1.41 bits per heavy atom. The SMILES string of the molecule is COCC(=O)NC[C@@H]1CCC2(CN(C(=O)[C@@H]3C[C@@H]3C)C2)OC1. The number of nitrogens with zero attached hydrogens (tertiary/aromatic N) is 1. The number of likely N-dealkylation sites (tertiary alicyclic amines) is 1. The fourth-order valence-corrected chi connectivity index (χ4v) is 3.47. The van der Waals surface area contributed by atoms with Crippen LogP contribution in [0.5, 0.6) is 0 Å². The van der Waals surface area contributed by atoms with E-state index in [1.165, 1.54) is 7.11 Å². The monoisotopic (exact) mass is 310 g/mol. The molecule has 1 spiro atoms. The lowest BCUT2D eigenvalue weighted by atomic mass is 9.82. The van der Waals surface area contributed by atoms with Crippen molar-refractivity contribution in [3.63, 3.8) is 0 Å². The number of hydrogen-bond donors (Lipinski definition) is 1. The summed E-state index contributed by atoms with van der Waals surface area (Å²) >= 11 is 0. The second-order valence-corrected chi connectivity index (χ2v) is 7.15. The van der Waals surface area contributed by atoms with E-state index in [9.17, 15) is 9.59 Å². The molecular weight excluding hydrogens is 284 g/mol. The molecule has 2 heterocycles. The Bertz CT molecular complexity index is 437. The Kier molecular flexibility index (Phi) is 4.41. The average molecular weight is 310 g/mol. The van der Waals surface area contributed by atoms with Gasteiger partial charge in [-0.05, 0) is 31.1 Å². The van der Waals surface area contributed by atoms with Gasteiger partial charge >= 0.3 is 0 Å². The topological polar surface area (TPSA) is 67.9 Å². The minimum Gasteiger partial charge on any atom is -0.375 e. The molecule has 3 fully saturated rings. The predicted molar refractivity (Wildman–Crippen MR) is 80.1 cm³/mol. The summed E-state index contributed by atoms with van der Waals surface area (Å²) in [4.78, 5) is 25.5. The lowest BCUT2D eigenvalue weighted by Crippen LogP contribution is -2.66. The predicted octanol–water partition coefficient (Wildman–Crippen LogP) is 0.413. The third kappa shape index (κ3) is 3.27. The molecule has 2 aliphatic heterocycles. The third-order valence-corrected chi connectivity index (χ3v) is 5.19. The molecule has 22 heavy (non-hydrogen) atoms. The molecule has 0 unspecified atom stereocenters. The van der Waals surface area contributed by atoms with E-state index in [0.29, 0.717) is 30.9 Å². The van der Waals surface area contributed by atoms with Crippen molar-refractivity contribution >= 4 is 11.8 Å². The van der Waals surface area contributed by atoms with E-state index in [0.717, 1.165) is 32.4 Å². The van der Waals surface area contributed by atoms with Gasteiger partial charge in [0.1, 0.15) is 12.2 Å². The summed E-state index contributed by atoms with van der Waals surface area (Å²) in [7, 11) is 1.51. The van der Waals surface area contributed by atoms with Crippen molar-refractivity contribution in [1.29, 1.82) is 0 Å². The van der Waals surface area contributed by atoms with Gasteiger partial charge in [-0.2, -0.15) is 0 Å². The molecule has 0 aromatic rings. The van der Waals surface area contributed by atoms with Gasteiger partial charge in [-0.25, -0.2) is 0 Å². The first-order chi connectivity index (χ1) is 10.5. The second-order valence-electron chi connectivity index (χ2n) is 7.15. The summed E-state index contributed by atoms with van der Waals surface area (Å²) in [6.45, 7) is 5.04. The Morgan fingerprint density at radius 3 is 2.68 bits per heavy atom. The quantitative estimate of drug-likeness (QED) is 0.799. The Hall–Kier alpha value is -1.14. The second kappa shape index (κ2) is 6.16. The highest BCUT2D eigenvalue weighted by Crippen LogP contribution is 2.43. The van der Waals surface area contributed by atoms with Gasteiger partial charge in [0.05, 0.1) is 19.7 Å². The first-order valence-electron chi connectivity index (χ1n) is 8.21. The molecular formula is C16H26N2O4. The maximum absolute atomic E-state index is 12.1. The number of carbonyl (C=O) groups is 2. The van der Waals surface area contributed by atoms with Gasteiger partial charge in [-0.15, -0.1) is 0 Å². The standard InChI is InChI=1S/C16H26N2O4/c1-11-5-13(11)15(20)18-9-16(10-18)4-3-12(7-22-16)6-17-14(19)8-21-2/h11-13H,3-10H2,1-2H3,(H,17,19)/t11-,12-,13+/m0/s1. The number of amides is 2. The molecule has 1 aliphatic carbocycles. The number of ether oxygens (including phenoxy) is 2. The van der Waals surface area contributed by atoms with Crippen LogP contribution >= 0.6 is 0 Å². The van der Waals surface area contributed by atoms with E-state index < -0.39 is 0 Å². The van der Waals surface area contributed by atoms with Crippen molar-refractivity contribution in [3.05, 3.63) is 0 Å². The van der Waals surface area contributed by atoms with Crippen molar-refractivity contribution in [3.8, 4) is 0 Å². The molecule has 0 aromatic heterocycles. The van der Waals surface area contributed by atoms with Crippen LogP contribution in [-0.2, 0) is 19.1 Å². The minimum atomic E-state index is -0.110. The van der Waals surface area contributed by atoms with Crippen LogP contribution in [0.3, 0.4) is 0 Å². The Morgan fingerprint density at radius 2 is 2.14 bits per heavy atom. The van der Waals surface area contributed by atoms with Crippen LogP contribution in [0.15, 0.2) is 0 Å². The van der Waals surface area contributed by atoms with Crippen LogP contribution in [0.2, 0.25) is 0 Å². The molecule has 0 bridgehead atoms. The highest BCUT2D eigenvalue weighted by Gasteiger charge is 2.52. The lowest BCUT2D eigenvalue weighted by Gasteiger charge is -2.53. The number of methoxy groups -OCH3 is 1. The lowest BCUT2D eigenvalue weighted by molar-refractivity contribution is -0.189. The normalized spacial score (nSPS) is 32.5. The minimum absolute atomic E-state index is 0.0817. The van der Waals surface area contributed by atoms with Crippen molar-refractivity contribution in [2.75, 3.05) is 40.0 Å². The molecule has 6 nitrogen and oxygen atoms in total. The number of nitrogens with one attached hydrogen (secondary N) is 1. The van der Waals surface area contributed by atoms with E-state index in [2.05, 4.69) is 12.2 Å². The molecule has 6 heteroatoms. The van der Waals surface area contributed by atoms with Gasteiger partial charge < -0.3 is 19.7 Å². The fourth-order valence-electron chi connectivity index (χ4n) is 3.47. The van der Waals surface area contributed by atoms with Crippen molar-refractivity contribution in [2.45, 2.75) is 31.8 Å². The maximum Gasteiger partial charge on any atom is 0.245 e. The van der Waals surface area contributed by atoms with Crippen LogP contribution in [0.1, 0.15) is 26.2 Å². The summed E-state index contributed by atoms with van der Waals surface area (Å²) in [5.41, 5.74) is -0.110. The van der Waals surface area contributed by atoms with E-state index in [4.69, 9.17) is 9.47 Å². The molecule has 2 saturated heterocycles. The molecule has 3 atom stereocenters. The van der Waals surface area contributed by atoms with E-state index in [1.54, 1.807) is 0 Å². The van der Waals surface area contributed by atoms with E-state index in [-0.39, 0.29) is 24.0 Å². The average Bonchev–Trinajstić information content (AvgIpc) is 3.20. The number of rotatable bonds is 5. The highest BCUT2D eigenvalue weighted by molar-refractivity contribution is 5.82. The molecule has 3 rings (SSSR count). The molecule has 0 aromatic carbocycles. The summed E-state index contributed by atoms with van der Waals surface area (Å²) in [6, 6.07) is 0. The summed E-state index contributed by atoms with van der Waals surface area (Å²) in [6.07, 6.45) is 3.06. The first-order valence-corrected chi connectivity index (χ1v) is 8.21. The molecule has 0 radical (unpaired) electrons. The van der Waals surface area contributed by atoms with Crippen molar-refractivity contribution in [2.24, 2.45) is 17.8 Å². The third-order valence-electron chi connectivity index (χ3n) is 5.19. The zero-order chi connectivity index (χ0) is 15.7. The van der Waals surface area contributed by atoms with E-state index >= 15 is 0 Å². The van der Waals surface area contributed by atoms with Crippen LogP contribution in [-0.4, -0.2) is 62.3 Å². The van der Waals surface area contributed by atoms with Crippen LogP contribution in [0.4, 0.5) is 0 Å². The van der Waals surface area contributed by atoms with Gasteiger partial charge in [0.2, 0.25) is 11.8 Å². The number of carbonyl (C=O) groups excluding carboxylic acids is 2. The van der Waals surface area contributed by atoms with Gasteiger partial charge in [-0.3, -0.25) is 9.59 Å². The molecule has 3 aliphatic rings. The van der Waals surface area contributed by atoms with Gasteiger partial charge in [0.25, 0.3) is 0 Å². The van der Waals surface area contributed by atoms with Crippen molar-refractivity contribution < 1.29 is 19.1 Å². The Labute approximate surface area is 131 Å². The molecule has 2 amide bonds. The summed E-state index contributed by atoms with van der Waals surface area (Å²) in [5, 5.41) is 2.86. The highest BCUT2D eigenvalue weighted by atomic mass is 16.5. The smallest absolute Gasteiger partial charge is 0.245 e. The molecule has 1 N–H and O–H groups in total. The summed E-state index contributed by atoms with van der Waals surface area (Å²) < 4.78 is 10.8. The van der Waals surface area contributed by atoms with Crippen LogP contribution in [0.25, 0.3) is 0 Å². The van der Waals surface area contributed by atoms with Crippen molar-refractivity contribution in [1.82, 2.24) is 10.2 Å². The Balaban J connectivity index is 1.36. The van der Waals surface area contributed by atoms with Gasteiger partial charge in [-0.1, -0.05) is 6.92 Å². The summed E-state index contributed by atoms with van der Waals surface area (Å²) in [5.74, 6) is 1.43. The zero-order valence-electron chi connectivity index (χ0n) is 13.5. The number of hydrogen-bond acceptors (Lipinski definition) is 4. The van der Waals surface area contributed by atoms with Crippen LogP contribution < -0.4 is 5.32 Å².